The van der Waals surface area contributed by atoms with Crippen molar-refractivity contribution in [3.8, 4) is 114 Å². The monoisotopic (exact) mass is 1880 g/mol. The molecule has 0 bridgehead atoms. The van der Waals surface area contributed by atoms with Crippen molar-refractivity contribution in [3.05, 3.63) is 443 Å². The van der Waals surface area contributed by atoms with Crippen molar-refractivity contribution in [2.45, 2.75) is 0 Å². The van der Waals surface area contributed by atoms with Gasteiger partial charge in [0, 0.05) is 139 Å². The van der Waals surface area contributed by atoms with E-state index in [1.165, 1.54) is 83.8 Å². The Kier molecular flexibility index (Phi) is 19.1. The molecule has 31 rings (SSSR count). The number of thiophene rings is 2. The van der Waals surface area contributed by atoms with Crippen molar-refractivity contribution >= 4 is 215 Å². The Labute approximate surface area is 828 Å². The van der Waals surface area contributed by atoms with Gasteiger partial charge in [-0.05, 0) is 155 Å². The van der Waals surface area contributed by atoms with E-state index in [1.54, 1.807) is 11.3 Å². The molecule has 0 aliphatic heterocycles. The first-order chi connectivity index (χ1) is 71.3. The van der Waals surface area contributed by atoms with Crippen LogP contribution in [0.2, 0.25) is 0 Å². The molecule has 0 unspecified atom stereocenters. The van der Waals surface area contributed by atoms with Crippen LogP contribution in [0.1, 0.15) is 0 Å². The van der Waals surface area contributed by atoms with Crippen LogP contribution >= 0.6 is 22.7 Å². The summed E-state index contributed by atoms with van der Waals surface area (Å²) in [7, 11) is 0. The summed E-state index contributed by atoms with van der Waals surface area (Å²) < 4.78 is 30.1. The highest BCUT2D eigenvalue weighted by molar-refractivity contribution is 7.26. The lowest BCUT2D eigenvalue weighted by molar-refractivity contribution is 0.668. The standard InChI is InChI=1S/C47H27N3S2.2C41H23N3O2/c1-2-12-31-30(11-1)27-38(34-14-4-3-13-33(31)34)47-49-45(48-46(50-47)37-18-10-22-42-44(37)36-16-6-8-20-40(36)52-42)29-25-23-28(24-26-29)32-17-9-21-41-43(32)35-15-5-7-19-39(35)51-41;1-2-12-26-24(10-1)22-23-25-11-7-15-29(36(25)26)39-42-40(30-16-8-20-34-37(30)27-13-3-5-18-32(27)45-34)44-41(43-39)31-17-9-21-35-38(31)28-14-4-6-19-33(28)46-35;1-2-10-27-24(9-1)19-20-25-23-26(21-22-28(25)27)39-42-40(31-13-7-17-35-37(31)29-11-3-5-15-33(29)45-35)44-41(43-39)32-14-8-18-36-38(32)30-12-4-6-16-34(30)46-36/h1-27H;2*1-23H. The maximum absolute atomic E-state index is 6.26. The third-order valence-electron chi connectivity index (χ3n) is 28.0. The van der Waals surface area contributed by atoms with Crippen molar-refractivity contribution in [3.63, 3.8) is 0 Å². The van der Waals surface area contributed by atoms with Crippen LogP contribution in [0.4, 0.5) is 0 Å². The number of para-hydroxylation sites is 4. The number of hydrogen-bond donors (Lipinski definition) is 0. The summed E-state index contributed by atoms with van der Waals surface area (Å²) in [5, 5.41) is 27.0. The molecular formula is C129H73N9O4S2. The molecule has 13 nitrogen and oxygen atoms in total. The smallest absolute Gasteiger partial charge is 0.164 e. The van der Waals surface area contributed by atoms with Gasteiger partial charge < -0.3 is 17.7 Å². The molecular weight excluding hydrogens is 1800 g/mol. The first-order valence-corrected chi connectivity index (χ1v) is 49.5. The summed E-state index contributed by atoms with van der Waals surface area (Å²) in [4.78, 5) is 46.9. The molecule has 22 aromatic carbocycles. The zero-order valence-electron chi connectivity index (χ0n) is 76.6. The van der Waals surface area contributed by atoms with E-state index in [9.17, 15) is 0 Å². The molecule has 0 spiro atoms. The molecule has 0 aliphatic carbocycles. The maximum Gasteiger partial charge on any atom is 0.164 e. The summed E-state index contributed by atoms with van der Waals surface area (Å²) in [6.07, 6.45) is 0. The van der Waals surface area contributed by atoms with Gasteiger partial charge in [0.05, 0.1) is 0 Å². The lowest BCUT2D eigenvalue weighted by Gasteiger charge is -2.13. The molecule has 9 aromatic heterocycles. The Hall–Kier alpha value is -18.9. The summed E-state index contributed by atoms with van der Waals surface area (Å²) in [5.41, 5.74) is 17.3. The largest absolute Gasteiger partial charge is 0.456 e. The van der Waals surface area contributed by atoms with Crippen LogP contribution in [-0.2, 0) is 0 Å². The van der Waals surface area contributed by atoms with Crippen LogP contribution in [0.3, 0.4) is 0 Å². The van der Waals surface area contributed by atoms with Crippen molar-refractivity contribution in [1.29, 1.82) is 0 Å². The molecule has 670 valence electrons. The minimum atomic E-state index is 0.583. The summed E-state index contributed by atoms with van der Waals surface area (Å²) in [5.74, 6) is 5.53. The van der Waals surface area contributed by atoms with Crippen molar-refractivity contribution in [2.75, 3.05) is 0 Å². The lowest BCUT2D eigenvalue weighted by atomic mass is 9.96. The Bertz CT molecular complexity index is 10500. The number of hydrogen-bond acceptors (Lipinski definition) is 15. The quantitative estimate of drug-likeness (QED) is 0.119. The van der Waals surface area contributed by atoms with E-state index in [0.29, 0.717) is 52.4 Å². The van der Waals surface area contributed by atoms with Crippen LogP contribution in [-0.4, -0.2) is 44.9 Å². The molecule has 31 aromatic rings. The molecule has 0 saturated heterocycles. The summed E-state index contributed by atoms with van der Waals surface area (Å²) >= 11 is 3.65. The first-order valence-electron chi connectivity index (χ1n) is 47.9. The van der Waals surface area contributed by atoms with Gasteiger partial charge in [-0.3, -0.25) is 0 Å². The van der Waals surface area contributed by atoms with Gasteiger partial charge in [0.1, 0.15) is 44.7 Å². The second-order valence-corrected chi connectivity index (χ2v) is 38.4. The minimum absolute atomic E-state index is 0.583. The predicted molar refractivity (Wildman–Crippen MR) is 594 cm³/mol. The molecule has 0 atom stereocenters. The van der Waals surface area contributed by atoms with Crippen molar-refractivity contribution in [2.24, 2.45) is 0 Å². The normalized spacial score (nSPS) is 11.9. The van der Waals surface area contributed by atoms with Crippen molar-refractivity contribution < 1.29 is 17.7 Å². The Balaban J connectivity index is 0.000000103. The fraction of sp³-hybridized carbons (Fsp3) is 0. The van der Waals surface area contributed by atoms with Gasteiger partial charge in [0.25, 0.3) is 0 Å². The zero-order chi connectivity index (χ0) is 94.6. The van der Waals surface area contributed by atoms with Crippen LogP contribution in [0.15, 0.2) is 461 Å². The molecule has 0 radical (unpaired) electrons. The zero-order valence-corrected chi connectivity index (χ0v) is 78.3. The summed E-state index contributed by atoms with van der Waals surface area (Å²) in [6, 6.07) is 153. The second-order valence-electron chi connectivity index (χ2n) is 36.3. The molecule has 0 N–H and O–H groups in total. The van der Waals surface area contributed by atoms with Gasteiger partial charge >= 0.3 is 0 Å². The minimum Gasteiger partial charge on any atom is -0.456 e. The average molecular weight is 1880 g/mol. The van der Waals surface area contributed by atoms with Gasteiger partial charge in [0.2, 0.25) is 0 Å². The molecule has 144 heavy (non-hydrogen) atoms. The van der Waals surface area contributed by atoms with Gasteiger partial charge in [0.15, 0.2) is 52.4 Å². The van der Waals surface area contributed by atoms with Gasteiger partial charge in [-0.25, -0.2) is 44.9 Å². The number of rotatable bonds is 10. The predicted octanol–water partition coefficient (Wildman–Crippen LogP) is 35.5. The highest BCUT2D eigenvalue weighted by Gasteiger charge is 2.27. The Morgan fingerprint density at radius 2 is 0.403 bits per heavy atom. The number of fused-ring (bicyclic) bond motifs is 27. The van der Waals surface area contributed by atoms with Gasteiger partial charge in [-0.15, -0.1) is 22.7 Å². The molecule has 0 saturated carbocycles. The highest BCUT2D eigenvalue weighted by Crippen LogP contribution is 2.49. The number of benzene rings is 22. The van der Waals surface area contributed by atoms with Crippen LogP contribution < -0.4 is 0 Å². The van der Waals surface area contributed by atoms with E-state index < -0.39 is 0 Å². The fourth-order valence-electron chi connectivity index (χ4n) is 21.5. The van der Waals surface area contributed by atoms with E-state index in [1.807, 2.05) is 133 Å². The van der Waals surface area contributed by atoms with E-state index in [2.05, 4.69) is 322 Å². The van der Waals surface area contributed by atoms with E-state index in [-0.39, 0.29) is 0 Å². The third kappa shape index (κ3) is 13.7. The number of aromatic nitrogens is 9. The lowest BCUT2D eigenvalue weighted by Crippen LogP contribution is -2.01. The third-order valence-corrected chi connectivity index (χ3v) is 30.3. The van der Waals surface area contributed by atoms with Crippen LogP contribution in [0.25, 0.3) is 306 Å². The fourth-order valence-corrected chi connectivity index (χ4v) is 23.7. The molecule has 9 heterocycles. The van der Waals surface area contributed by atoms with Crippen LogP contribution in [0.5, 0.6) is 0 Å². The average Bonchev–Trinajstić information content (AvgIpc) is 1.52. The number of furan rings is 4. The van der Waals surface area contributed by atoms with Gasteiger partial charge in [-0.1, -0.05) is 358 Å². The van der Waals surface area contributed by atoms with E-state index in [0.717, 1.165) is 170 Å². The first kappa shape index (κ1) is 82.2. The molecule has 15 heteroatoms. The maximum atomic E-state index is 6.26. The SMILES string of the molecule is c1ccc2c(c1)cc(-c1nc(-c3ccc(-c4cccc5sc6ccccc6c45)cc3)nc(-c3cccc4sc5ccccc5c34)n1)c1ccccc12.c1ccc2c(c1)ccc1cc(-c3nc(-c4cccc5oc6ccccc6c45)nc(-c4cccc5oc6ccccc6c45)n3)ccc12.c1ccc2c(c1)ccc1cccc(-c3nc(-c4cccc5oc6ccccc6c45)nc(-c4cccc5oc6ccccc6c45)n3)c12. The van der Waals surface area contributed by atoms with E-state index in [4.69, 9.17) is 62.5 Å². The topological polar surface area (TPSA) is 169 Å². The van der Waals surface area contributed by atoms with Gasteiger partial charge in [-0.2, -0.15) is 0 Å². The Morgan fingerprint density at radius 1 is 0.132 bits per heavy atom. The molecule has 0 aliphatic rings. The Morgan fingerprint density at radius 3 is 0.875 bits per heavy atom. The highest BCUT2D eigenvalue weighted by atomic mass is 32.1. The molecule has 0 amide bonds. The summed E-state index contributed by atoms with van der Waals surface area (Å²) in [6.45, 7) is 0. The number of nitrogens with zero attached hydrogens (tertiary/aromatic N) is 9. The second kappa shape index (κ2) is 33.4. The molecule has 0 fully saturated rings. The van der Waals surface area contributed by atoms with Crippen molar-refractivity contribution in [1.82, 2.24) is 44.9 Å². The van der Waals surface area contributed by atoms with E-state index >= 15 is 0 Å². The van der Waals surface area contributed by atoms with Crippen LogP contribution in [0, 0.1) is 0 Å².